The normalized spacial score (nSPS) is 15.4. The highest BCUT2D eigenvalue weighted by atomic mass is 19.4. The van der Waals surface area contributed by atoms with E-state index in [9.17, 15) is 23.1 Å². The average molecular weight is 324 g/mol. The lowest BCUT2D eigenvalue weighted by Gasteiger charge is -2.30. The molecule has 0 radical (unpaired) electrons. The second kappa shape index (κ2) is 5.73. The minimum Gasteiger partial charge on any atom is -0.503 e. The van der Waals surface area contributed by atoms with E-state index in [0.29, 0.717) is 25.3 Å². The van der Waals surface area contributed by atoms with Crippen LogP contribution in [0.4, 0.5) is 13.2 Å². The van der Waals surface area contributed by atoms with E-state index in [0.717, 1.165) is 6.07 Å². The molecule has 2 aromatic rings. The van der Waals surface area contributed by atoms with E-state index in [4.69, 9.17) is 0 Å². The number of nitrogens with zero attached hydrogens (tertiary/aromatic N) is 2. The molecule has 1 N–H and O–H groups in total. The van der Waals surface area contributed by atoms with Gasteiger partial charge in [-0.25, -0.2) is 0 Å². The van der Waals surface area contributed by atoms with Crippen molar-refractivity contribution in [3.63, 3.8) is 0 Å². The van der Waals surface area contributed by atoms with Gasteiger partial charge in [0.15, 0.2) is 5.75 Å². The van der Waals surface area contributed by atoms with Crippen LogP contribution in [0.1, 0.15) is 16.8 Å². The van der Waals surface area contributed by atoms with E-state index in [1.54, 1.807) is 10.6 Å². The fourth-order valence-electron chi connectivity index (χ4n) is 2.81. The Morgan fingerprint density at radius 3 is 2.65 bits per heavy atom. The van der Waals surface area contributed by atoms with Gasteiger partial charge in [0.2, 0.25) is 5.43 Å². The predicted octanol–water partition coefficient (Wildman–Crippen LogP) is 2.59. The zero-order valence-corrected chi connectivity index (χ0v) is 12.2. The molecular weight excluding hydrogens is 309 g/mol. The van der Waals surface area contributed by atoms with Crippen molar-refractivity contribution in [2.75, 3.05) is 6.54 Å². The van der Waals surface area contributed by atoms with Crippen molar-refractivity contribution in [1.29, 1.82) is 0 Å². The molecule has 23 heavy (non-hydrogen) atoms. The molecule has 2 heterocycles. The maximum atomic E-state index is 13.0. The molecule has 0 aliphatic carbocycles. The topological polar surface area (TPSA) is 45.5 Å². The third-order valence-corrected chi connectivity index (χ3v) is 3.96. The molecule has 1 aliphatic rings. The van der Waals surface area contributed by atoms with Crippen LogP contribution in [0.3, 0.4) is 0 Å². The van der Waals surface area contributed by atoms with Gasteiger partial charge in [-0.3, -0.25) is 9.69 Å². The van der Waals surface area contributed by atoms with Crippen LogP contribution in [0, 0.1) is 0 Å². The molecule has 0 spiro atoms. The van der Waals surface area contributed by atoms with E-state index >= 15 is 0 Å². The van der Waals surface area contributed by atoms with Crippen molar-refractivity contribution in [3.8, 4) is 5.75 Å². The van der Waals surface area contributed by atoms with E-state index < -0.39 is 17.2 Å². The number of rotatable bonds is 2. The van der Waals surface area contributed by atoms with Crippen LogP contribution >= 0.6 is 0 Å². The van der Waals surface area contributed by atoms with Crippen LogP contribution in [-0.2, 0) is 25.8 Å². The van der Waals surface area contributed by atoms with Gasteiger partial charge in [-0.2, -0.15) is 13.2 Å². The van der Waals surface area contributed by atoms with Crippen molar-refractivity contribution < 1.29 is 18.3 Å². The molecule has 0 fully saturated rings. The number of hydrogen-bond acceptors (Lipinski definition) is 3. The molecule has 3 rings (SSSR count). The summed E-state index contributed by atoms with van der Waals surface area (Å²) in [5.41, 5.74) is -0.208. The van der Waals surface area contributed by atoms with Crippen molar-refractivity contribution in [2.24, 2.45) is 0 Å². The first kappa shape index (κ1) is 15.6. The number of alkyl halides is 3. The molecule has 0 bridgehead atoms. The highest BCUT2D eigenvalue weighted by molar-refractivity contribution is 5.30. The number of aromatic hydroxyl groups is 1. The zero-order valence-electron chi connectivity index (χ0n) is 12.2. The molecule has 122 valence electrons. The smallest absolute Gasteiger partial charge is 0.416 e. The Morgan fingerprint density at radius 1 is 1.17 bits per heavy atom. The molecule has 0 atom stereocenters. The molecular formula is C16H15F3N2O2. The summed E-state index contributed by atoms with van der Waals surface area (Å²) in [5.74, 6) is -0.315. The highest BCUT2D eigenvalue weighted by Gasteiger charge is 2.33. The largest absolute Gasteiger partial charge is 0.503 e. The quantitative estimate of drug-likeness (QED) is 0.923. The lowest BCUT2D eigenvalue weighted by atomic mass is 10.1. The SMILES string of the molecule is O=c1cc2n(cc1O)CCN(Cc1ccccc1C(F)(F)F)C2. The van der Waals surface area contributed by atoms with Crippen molar-refractivity contribution in [3.05, 3.63) is 63.6 Å². The van der Waals surface area contributed by atoms with Crippen LogP contribution in [0.25, 0.3) is 0 Å². The summed E-state index contributed by atoms with van der Waals surface area (Å²) in [4.78, 5) is 13.4. The predicted molar refractivity (Wildman–Crippen MR) is 77.9 cm³/mol. The van der Waals surface area contributed by atoms with Gasteiger partial charge in [-0.15, -0.1) is 0 Å². The maximum Gasteiger partial charge on any atom is 0.416 e. The highest BCUT2D eigenvalue weighted by Crippen LogP contribution is 2.32. The summed E-state index contributed by atoms with van der Waals surface area (Å²) < 4.78 is 40.9. The molecule has 0 unspecified atom stereocenters. The van der Waals surface area contributed by atoms with Gasteiger partial charge in [0.1, 0.15) is 0 Å². The minimum absolute atomic E-state index is 0.157. The van der Waals surface area contributed by atoms with Crippen LogP contribution in [-0.4, -0.2) is 21.1 Å². The molecule has 4 nitrogen and oxygen atoms in total. The standard InChI is InChI=1S/C16H15F3N2O2/c17-16(18,19)13-4-2-1-3-11(13)8-20-5-6-21-10-15(23)14(22)7-12(21)9-20/h1-4,7,10,23H,5-6,8-9H2. The van der Waals surface area contributed by atoms with Crippen LogP contribution < -0.4 is 5.43 Å². The third kappa shape index (κ3) is 3.24. The summed E-state index contributed by atoms with van der Waals surface area (Å²) in [5, 5.41) is 9.43. The van der Waals surface area contributed by atoms with E-state index in [-0.39, 0.29) is 17.9 Å². The average Bonchev–Trinajstić information content (AvgIpc) is 2.48. The number of benzene rings is 1. The zero-order chi connectivity index (χ0) is 16.6. The monoisotopic (exact) mass is 324 g/mol. The van der Waals surface area contributed by atoms with Crippen LogP contribution in [0.2, 0.25) is 0 Å². The Hall–Kier alpha value is -2.28. The summed E-state index contributed by atoms with van der Waals surface area (Å²) in [6.45, 7) is 1.57. The second-order valence-corrected chi connectivity index (χ2v) is 5.57. The number of fused-ring (bicyclic) bond motifs is 1. The first-order valence-electron chi connectivity index (χ1n) is 7.14. The molecule has 1 aliphatic heterocycles. The van der Waals surface area contributed by atoms with E-state index in [2.05, 4.69) is 0 Å². The van der Waals surface area contributed by atoms with Crippen LogP contribution in [0.5, 0.6) is 5.75 Å². The van der Waals surface area contributed by atoms with E-state index in [1.165, 1.54) is 24.4 Å². The Labute approximate surface area is 130 Å². The van der Waals surface area contributed by atoms with Crippen molar-refractivity contribution in [2.45, 2.75) is 25.8 Å². The van der Waals surface area contributed by atoms with E-state index in [1.807, 2.05) is 4.90 Å². The van der Waals surface area contributed by atoms with Crippen molar-refractivity contribution in [1.82, 2.24) is 9.47 Å². The lowest BCUT2D eigenvalue weighted by Crippen LogP contribution is -2.35. The van der Waals surface area contributed by atoms with Gasteiger partial charge in [0.25, 0.3) is 0 Å². The summed E-state index contributed by atoms with van der Waals surface area (Å²) in [7, 11) is 0. The fourth-order valence-corrected chi connectivity index (χ4v) is 2.81. The van der Waals surface area contributed by atoms with Gasteiger partial charge in [0.05, 0.1) is 11.8 Å². The second-order valence-electron chi connectivity index (χ2n) is 5.57. The summed E-state index contributed by atoms with van der Waals surface area (Å²) in [6.07, 6.45) is -3.01. The lowest BCUT2D eigenvalue weighted by molar-refractivity contribution is -0.138. The Bertz CT molecular complexity index is 784. The number of pyridine rings is 1. The number of hydrogen-bond donors (Lipinski definition) is 1. The summed E-state index contributed by atoms with van der Waals surface area (Å²) >= 11 is 0. The Balaban J connectivity index is 1.83. The maximum absolute atomic E-state index is 13.0. The van der Waals surface area contributed by atoms with Gasteiger partial charge < -0.3 is 9.67 Å². The molecule has 7 heteroatoms. The van der Waals surface area contributed by atoms with Crippen molar-refractivity contribution >= 4 is 0 Å². The third-order valence-electron chi connectivity index (χ3n) is 3.96. The molecule has 0 amide bonds. The van der Waals surface area contributed by atoms with Gasteiger partial charge in [-0.05, 0) is 11.6 Å². The number of halogens is 3. The van der Waals surface area contributed by atoms with Gasteiger partial charge in [0, 0.05) is 37.9 Å². The fraction of sp³-hybridized carbons (Fsp3) is 0.312. The number of aromatic nitrogens is 1. The minimum atomic E-state index is -4.38. The molecule has 0 saturated carbocycles. The molecule has 1 aromatic carbocycles. The summed E-state index contributed by atoms with van der Waals surface area (Å²) in [6, 6.07) is 6.85. The first-order valence-corrected chi connectivity index (χ1v) is 7.14. The first-order chi connectivity index (χ1) is 10.8. The Morgan fingerprint density at radius 2 is 1.91 bits per heavy atom. The molecule has 0 saturated heterocycles. The molecule has 1 aromatic heterocycles. The van der Waals surface area contributed by atoms with Crippen LogP contribution in [0.15, 0.2) is 41.3 Å². The van der Waals surface area contributed by atoms with Gasteiger partial charge >= 0.3 is 6.18 Å². The Kier molecular flexibility index (Phi) is 3.89. The van der Waals surface area contributed by atoms with Gasteiger partial charge in [-0.1, -0.05) is 18.2 Å².